The lowest BCUT2D eigenvalue weighted by atomic mass is 9.98. The summed E-state index contributed by atoms with van der Waals surface area (Å²) in [7, 11) is 0. The first kappa shape index (κ1) is 17.2. The van der Waals surface area contributed by atoms with Crippen LogP contribution in [0.15, 0.2) is 54.6 Å². The van der Waals surface area contributed by atoms with Gasteiger partial charge in [-0.25, -0.2) is 4.39 Å². The summed E-state index contributed by atoms with van der Waals surface area (Å²) in [4.78, 5) is 24.3. The molecule has 27 heavy (non-hydrogen) atoms. The van der Waals surface area contributed by atoms with Gasteiger partial charge in [0.1, 0.15) is 5.82 Å². The first-order chi connectivity index (χ1) is 13.0. The van der Waals surface area contributed by atoms with E-state index in [0.717, 1.165) is 10.8 Å². The molecule has 136 valence electrons. The number of fused-ring (bicyclic) bond motifs is 1. The van der Waals surface area contributed by atoms with E-state index in [9.17, 15) is 14.0 Å². The largest absolute Gasteiger partial charge is 0.325 e. The zero-order valence-corrected chi connectivity index (χ0v) is 14.9. The third kappa shape index (κ3) is 3.53. The van der Waals surface area contributed by atoms with Crippen LogP contribution in [0.3, 0.4) is 0 Å². The lowest BCUT2D eigenvalue weighted by Gasteiger charge is -2.16. The van der Waals surface area contributed by atoms with Crippen molar-refractivity contribution in [1.29, 1.82) is 0 Å². The van der Waals surface area contributed by atoms with Crippen molar-refractivity contribution in [2.45, 2.75) is 25.7 Å². The van der Waals surface area contributed by atoms with Crippen LogP contribution in [0.1, 0.15) is 41.6 Å². The molecule has 0 bridgehead atoms. The number of anilines is 2. The molecule has 1 saturated carbocycles. The molecule has 1 fully saturated rings. The van der Waals surface area contributed by atoms with E-state index in [1.807, 2.05) is 24.3 Å². The van der Waals surface area contributed by atoms with Crippen molar-refractivity contribution in [3.63, 3.8) is 0 Å². The summed E-state index contributed by atoms with van der Waals surface area (Å²) in [5, 5.41) is 7.64. The van der Waals surface area contributed by atoms with Crippen molar-refractivity contribution in [2.75, 3.05) is 10.6 Å². The van der Waals surface area contributed by atoms with E-state index >= 15 is 0 Å². The second kappa shape index (κ2) is 6.83. The molecule has 0 saturated heterocycles. The van der Waals surface area contributed by atoms with Crippen LogP contribution in [0, 0.1) is 5.82 Å². The van der Waals surface area contributed by atoms with Gasteiger partial charge >= 0.3 is 0 Å². The molecule has 0 atom stereocenters. The third-order valence-electron chi connectivity index (χ3n) is 4.77. The summed E-state index contributed by atoms with van der Waals surface area (Å²) in [6.45, 7) is 1.43. The fourth-order valence-electron chi connectivity index (χ4n) is 3.35. The summed E-state index contributed by atoms with van der Waals surface area (Å²) in [5.74, 6) is -0.415. The minimum atomic E-state index is -0.398. The van der Waals surface area contributed by atoms with Crippen molar-refractivity contribution in [3.05, 3.63) is 71.5 Å². The lowest BCUT2D eigenvalue weighted by Crippen LogP contribution is -2.15. The molecule has 0 spiro atoms. The zero-order chi connectivity index (χ0) is 19.0. The molecule has 3 aromatic carbocycles. The van der Waals surface area contributed by atoms with Crippen molar-refractivity contribution in [2.24, 2.45) is 0 Å². The molecule has 0 unspecified atom stereocenters. The van der Waals surface area contributed by atoms with Crippen LogP contribution in [0.25, 0.3) is 10.8 Å². The molecule has 3 aromatic rings. The number of halogens is 1. The van der Waals surface area contributed by atoms with Crippen molar-refractivity contribution in [1.82, 2.24) is 0 Å². The number of hydrogen-bond donors (Lipinski definition) is 2. The Morgan fingerprint density at radius 2 is 1.67 bits per heavy atom. The fraction of sp³-hybridized carbons (Fsp3) is 0.182. The van der Waals surface area contributed by atoms with Gasteiger partial charge in [0.15, 0.2) is 0 Å². The predicted molar refractivity (Wildman–Crippen MR) is 105 cm³/mol. The highest BCUT2D eigenvalue weighted by atomic mass is 19.1. The zero-order valence-electron chi connectivity index (χ0n) is 14.9. The normalized spacial score (nSPS) is 13.4. The van der Waals surface area contributed by atoms with Gasteiger partial charge in [-0.05, 0) is 60.0 Å². The highest BCUT2D eigenvalue weighted by Crippen LogP contribution is 2.45. The molecule has 0 radical (unpaired) electrons. The van der Waals surface area contributed by atoms with Gasteiger partial charge in [-0.2, -0.15) is 0 Å². The summed E-state index contributed by atoms with van der Waals surface area (Å²) in [6.07, 6.45) is 2.34. The predicted octanol–water partition coefficient (Wildman–Crippen LogP) is 5.07. The highest BCUT2D eigenvalue weighted by molar-refractivity contribution is 6.14. The average Bonchev–Trinajstić information content (AvgIpc) is 3.48. The van der Waals surface area contributed by atoms with Gasteiger partial charge < -0.3 is 10.6 Å². The minimum absolute atomic E-state index is 0.218. The van der Waals surface area contributed by atoms with Crippen LogP contribution < -0.4 is 10.6 Å². The van der Waals surface area contributed by atoms with E-state index in [2.05, 4.69) is 16.7 Å². The van der Waals surface area contributed by atoms with Crippen LogP contribution in [0.2, 0.25) is 0 Å². The first-order valence-electron chi connectivity index (χ1n) is 8.93. The third-order valence-corrected chi connectivity index (χ3v) is 4.77. The van der Waals surface area contributed by atoms with Crippen LogP contribution in [-0.4, -0.2) is 11.8 Å². The summed E-state index contributed by atoms with van der Waals surface area (Å²) < 4.78 is 13.1. The van der Waals surface area contributed by atoms with E-state index in [0.29, 0.717) is 22.9 Å². The molecule has 4 nitrogen and oxygen atoms in total. The second-order valence-electron chi connectivity index (χ2n) is 6.85. The monoisotopic (exact) mass is 362 g/mol. The standard InChI is InChI=1S/C22H19FN2O2/c1-13(26)24-20-12-11-18-17(14-5-6-14)3-2-4-19(18)21(20)25-22(27)15-7-9-16(23)10-8-15/h2-4,7-12,14H,5-6H2,1H3,(H,24,26)(H,25,27). The fourth-order valence-corrected chi connectivity index (χ4v) is 3.35. The number of nitrogens with one attached hydrogen (secondary N) is 2. The van der Waals surface area contributed by atoms with Crippen LogP contribution in [0.5, 0.6) is 0 Å². The topological polar surface area (TPSA) is 58.2 Å². The van der Waals surface area contributed by atoms with E-state index in [1.54, 1.807) is 0 Å². The quantitative estimate of drug-likeness (QED) is 0.681. The molecule has 0 aromatic heterocycles. The molecule has 4 rings (SSSR count). The molecule has 0 heterocycles. The van der Waals surface area contributed by atoms with E-state index < -0.39 is 5.82 Å². The maximum Gasteiger partial charge on any atom is 0.255 e. The molecule has 1 aliphatic carbocycles. The average molecular weight is 362 g/mol. The number of hydrogen-bond acceptors (Lipinski definition) is 2. The van der Waals surface area contributed by atoms with Gasteiger partial charge in [-0.15, -0.1) is 0 Å². The minimum Gasteiger partial charge on any atom is -0.325 e. The Morgan fingerprint density at radius 3 is 2.33 bits per heavy atom. The maximum atomic E-state index is 13.1. The summed E-state index contributed by atoms with van der Waals surface area (Å²) in [5.41, 5.74) is 2.71. The Kier molecular flexibility index (Phi) is 4.36. The van der Waals surface area contributed by atoms with Crippen LogP contribution in [-0.2, 0) is 4.79 Å². The van der Waals surface area contributed by atoms with E-state index in [1.165, 1.54) is 49.6 Å². The van der Waals surface area contributed by atoms with Gasteiger partial charge in [0.25, 0.3) is 5.91 Å². The Balaban J connectivity index is 1.80. The van der Waals surface area contributed by atoms with Gasteiger partial charge in [-0.1, -0.05) is 24.3 Å². The molecule has 0 aliphatic heterocycles. The molecular weight excluding hydrogens is 343 g/mol. The molecular formula is C22H19FN2O2. The second-order valence-corrected chi connectivity index (χ2v) is 6.85. The number of rotatable bonds is 4. The van der Waals surface area contributed by atoms with Gasteiger partial charge in [0, 0.05) is 17.9 Å². The molecule has 1 aliphatic rings. The Labute approximate surface area is 156 Å². The maximum absolute atomic E-state index is 13.1. The van der Waals surface area contributed by atoms with Gasteiger partial charge in [0.2, 0.25) is 5.91 Å². The smallest absolute Gasteiger partial charge is 0.255 e. The van der Waals surface area contributed by atoms with E-state index in [4.69, 9.17) is 0 Å². The Bertz CT molecular complexity index is 1040. The lowest BCUT2D eigenvalue weighted by molar-refractivity contribution is -0.114. The van der Waals surface area contributed by atoms with Crippen LogP contribution in [0.4, 0.5) is 15.8 Å². The summed E-state index contributed by atoms with van der Waals surface area (Å²) in [6, 6.07) is 15.2. The van der Waals surface area contributed by atoms with Gasteiger partial charge in [0.05, 0.1) is 11.4 Å². The highest BCUT2D eigenvalue weighted by Gasteiger charge is 2.26. The Hall–Kier alpha value is -3.21. The molecule has 2 N–H and O–H groups in total. The Morgan fingerprint density at radius 1 is 0.926 bits per heavy atom. The number of carbonyl (C=O) groups is 2. The number of carbonyl (C=O) groups excluding carboxylic acids is 2. The van der Waals surface area contributed by atoms with E-state index in [-0.39, 0.29) is 11.8 Å². The molecule has 2 amide bonds. The van der Waals surface area contributed by atoms with Crippen molar-refractivity contribution >= 4 is 34.0 Å². The van der Waals surface area contributed by atoms with Crippen molar-refractivity contribution in [3.8, 4) is 0 Å². The van der Waals surface area contributed by atoms with Gasteiger partial charge in [-0.3, -0.25) is 9.59 Å². The number of amides is 2. The van der Waals surface area contributed by atoms with Crippen molar-refractivity contribution < 1.29 is 14.0 Å². The SMILES string of the molecule is CC(=O)Nc1ccc2c(C3CC3)cccc2c1NC(=O)c1ccc(F)cc1. The number of benzene rings is 3. The first-order valence-corrected chi connectivity index (χ1v) is 8.93. The van der Waals surface area contributed by atoms with Crippen LogP contribution >= 0.6 is 0 Å². The molecule has 5 heteroatoms. The summed E-state index contributed by atoms with van der Waals surface area (Å²) >= 11 is 0.